The molecule has 2 aromatic rings. The molecule has 1 aromatic carbocycles. The molecule has 0 amide bonds. The molecule has 1 aromatic heterocycles. The Morgan fingerprint density at radius 1 is 1.41 bits per heavy atom. The fraction of sp³-hybridized carbons (Fsp3) is 0.417. The van der Waals surface area contributed by atoms with Crippen LogP contribution in [-0.2, 0) is 4.74 Å². The fourth-order valence-electron chi connectivity index (χ4n) is 1.95. The molecule has 0 bridgehead atoms. The summed E-state index contributed by atoms with van der Waals surface area (Å²) in [6.07, 6.45) is 2.08. The number of ether oxygens (including phenoxy) is 2. The van der Waals surface area contributed by atoms with Crippen LogP contribution in [0.4, 0.5) is 0 Å². The van der Waals surface area contributed by atoms with Gasteiger partial charge in [-0.15, -0.1) is 0 Å². The highest BCUT2D eigenvalue weighted by atomic mass is 32.1. The van der Waals surface area contributed by atoms with Crippen LogP contribution in [0.2, 0.25) is 0 Å². The highest BCUT2D eigenvalue weighted by Crippen LogP contribution is 2.29. The summed E-state index contributed by atoms with van der Waals surface area (Å²) in [6, 6.07) is 5.47. The van der Waals surface area contributed by atoms with Crippen LogP contribution in [0.5, 0.6) is 5.75 Å². The maximum atomic E-state index is 11.2. The topological polar surface area (TPSA) is 48.7 Å². The fourth-order valence-corrected chi connectivity index (χ4v) is 2.67. The predicted octanol–water partition coefficient (Wildman–Crippen LogP) is 2.41. The molecule has 0 radical (unpaired) electrons. The van der Waals surface area contributed by atoms with Gasteiger partial charge in [-0.05, 0) is 36.3 Å². The standard InChI is InChI=1S/C12H12O4S/c13-12-16-10-5-1-4-9(11(10)17-12)15-8-3-2-6-14-7-8/h1,4-5,8H,2-3,6-7H2. The van der Waals surface area contributed by atoms with E-state index in [4.69, 9.17) is 13.9 Å². The lowest BCUT2D eigenvalue weighted by Gasteiger charge is -2.23. The van der Waals surface area contributed by atoms with Crippen molar-refractivity contribution in [1.29, 1.82) is 0 Å². The first-order chi connectivity index (χ1) is 8.33. The van der Waals surface area contributed by atoms with Gasteiger partial charge in [-0.25, -0.2) is 4.79 Å². The molecule has 1 fully saturated rings. The van der Waals surface area contributed by atoms with Gasteiger partial charge in [0.1, 0.15) is 16.6 Å². The van der Waals surface area contributed by atoms with Crippen LogP contribution in [0.15, 0.2) is 27.4 Å². The summed E-state index contributed by atoms with van der Waals surface area (Å²) in [5.74, 6) is 0.717. The zero-order valence-corrected chi connectivity index (χ0v) is 10.00. The van der Waals surface area contributed by atoms with Gasteiger partial charge in [-0.1, -0.05) is 6.07 Å². The van der Waals surface area contributed by atoms with Crippen molar-refractivity contribution in [3.05, 3.63) is 27.9 Å². The van der Waals surface area contributed by atoms with E-state index in [0.717, 1.165) is 35.5 Å². The molecule has 3 rings (SSSR count). The normalized spacial score (nSPS) is 20.6. The van der Waals surface area contributed by atoms with Crippen LogP contribution in [-0.4, -0.2) is 19.3 Å². The van der Waals surface area contributed by atoms with Crippen molar-refractivity contribution >= 4 is 21.6 Å². The lowest BCUT2D eigenvalue weighted by Crippen LogP contribution is -2.27. The summed E-state index contributed by atoms with van der Waals surface area (Å²) in [7, 11) is 0. The Morgan fingerprint density at radius 2 is 2.35 bits per heavy atom. The molecule has 0 spiro atoms. The Balaban J connectivity index is 1.91. The minimum atomic E-state index is -0.295. The van der Waals surface area contributed by atoms with E-state index in [-0.39, 0.29) is 11.0 Å². The molecular weight excluding hydrogens is 240 g/mol. The van der Waals surface area contributed by atoms with Gasteiger partial charge in [0.2, 0.25) is 0 Å². The largest absolute Gasteiger partial charge is 0.486 e. The van der Waals surface area contributed by atoms with E-state index in [1.807, 2.05) is 12.1 Å². The van der Waals surface area contributed by atoms with Crippen molar-refractivity contribution in [3.63, 3.8) is 0 Å². The van der Waals surface area contributed by atoms with E-state index in [1.54, 1.807) is 6.07 Å². The van der Waals surface area contributed by atoms with E-state index in [2.05, 4.69) is 0 Å². The Bertz CT molecular complexity index is 565. The van der Waals surface area contributed by atoms with Crippen LogP contribution in [0.3, 0.4) is 0 Å². The molecule has 90 valence electrons. The van der Waals surface area contributed by atoms with E-state index in [1.165, 1.54) is 0 Å². The molecule has 5 heteroatoms. The average molecular weight is 252 g/mol. The Kier molecular flexibility index (Phi) is 2.86. The van der Waals surface area contributed by atoms with Crippen molar-refractivity contribution in [2.24, 2.45) is 0 Å². The summed E-state index contributed by atoms with van der Waals surface area (Å²) in [5.41, 5.74) is 0.592. The number of rotatable bonds is 2. The van der Waals surface area contributed by atoms with Crippen LogP contribution in [0.1, 0.15) is 12.8 Å². The molecule has 2 heterocycles. The molecule has 1 aliphatic heterocycles. The third-order valence-corrected chi connectivity index (χ3v) is 3.59. The van der Waals surface area contributed by atoms with Crippen molar-refractivity contribution in [1.82, 2.24) is 0 Å². The van der Waals surface area contributed by atoms with Crippen molar-refractivity contribution < 1.29 is 13.9 Å². The van der Waals surface area contributed by atoms with Gasteiger partial charge >= 0.3 is 4.94 Å². The zero-order valence-electron chi connectivity index (χ0n) is 9.18. The van der Waals surface area contributed by atoms with Crippen LogP contribution < -0.4 is 9.68 Å². The minimum absolute atomic E-state index is 0.0755. The third kappa shape index (κ3) is 2.21. The monoisotopic (exact) mass is 252 g/mol. The third-order valence-electron chi connectivity index (χ3n) is 2.73. The predicted molar refractivity (Wildman–Crippen MR) is 64.8 cm³/mol. The number of hydrogen-bond donors (Lipinski definition) is 0. The van der Waals surface area contributed by atoms with Gasteiger partial charge in [-0.2, -0.15) is 0 Å². The van der Waals surface area contributed by atoms with Gasteiger partial charge < -0.3 is 13.9 Å². The van der Waals surface area contributed by atoms with Crippen molar-refractivity contribution in [2.75, 3.05) is 13.2 Å². The lowest BCUT2D eigenvalue weighted by atomic mass is 10.2. The zero-order chi connectivity index (χ0) is 11.7. The summed E-state index contributed by atoms with van der Waals surface area (Å²) < 4.78 is 17.1. The summed E-state index contributed by atoms with van der Waals surface area (Å²) in [4.78, 5) is 10.9. The first-order valence-electron chi connectivity index (χ1n) is 5.60. The molecule has 1 aliphatic rings. The van der Waals surface area contributed by atoms with E-state index in [9.17, 15) is 4.79 Å². The number of hydrogen-bond acceptors (Lipinski definition) is 5. The number of benzene rings is 1. The second-order valence-corrected chi connectivity index (χ2v) is 4.94. The maximum Gasteiger partial charge on any atom is 0.396 e. The smallest absolute Gasteiger partial charge is 0.396 e. The second-order valence-electron chi connectivity index (χ2n) is 3.99. The van der Waals surface area contributed by atoms with Gasteiger partial charge in [0.25, 0.3) is 0 Å². The van der Waals surface area contributed by atoms with Gasteiger partial charge in [0.05, 0.1) is 6.61 Å². The van der Waals surface area contributed by atoms with E-state index < -0.39 is 0 Å². The average Bonchev–Trinajstić information content (AvgIpc) is 2.72. The van der Waals surface area contributed by atoms with Gasteiger partial charge in [0.15, 0.2) is 5.58 Å². The molecule has 0 saturated carbocycles. The van der Waals surface area contributed by atoms with Crippen LogP contribution in [0.25, 0.3) is 10.3 Å². The summed E-state index contributed by atoms with van der Waals surface area (Å²) in [6.45, 7) is 1.42. The first-order valence-corrected chi connectivity index (χ1v) is 6.41. The molecule has 1 atom stereocenters. The Labute approximate surface area is 102 Å². The first kappa shape index (κ1) is 10.8. The highest BCUT2D eigenvalue weighted by Gasteiger charge is 2.17. The second kappa shape index (κ2) is 4.50. The Morgan fingerprint density at radius 3 is 3.18 bits per heavy atom. The van der Waals surface area contributed by atoms with Crippen molar-refractivity contribution in [2.45, 2.75) is 18.9 Å². The van der Waals surface area contributed by atoms with Gasteiger partial charge in [-0.3, -0.25) is 0 Å². The van der Waals surface area contributed by atoms with Gasteiger partial charge in [0, 0.05) is 6.61 Å². The molecule has 0 N–H and O–H groups in total. The maximum absolute atomic E-state index is 11.2. The van der Waals surface area contributed by atoms with Crippen molar-refractivity contribution in [3.8, 4) is 5.75 Å². The lowest BCUT2D eigenvalue weighted by molar-refractivity contribution is 0.00814. The molecular formula is C12H12O4S. The van der Waals surface area contributed by atoms with Crippen LogP contribution in [0, 0.1) is 0 Å². The molecule has 0 aliphatic carbocycles. The minimum Gasteiger partial charge on any atom is -0.486 e. The van der Waals surface area contributed by atoms with E-state index >= 15 is 0 Å². The van der Waals surface area contributed by atoms with Crippen LogP contribution >= 0.6 is 11.3 Å². The Hall–Kier alpha value is -1.33. The quantitative estimate of drug-likeness (QED) is 0.823. The SMILES string of the molecule is O=c1oc2cccc(OC3CCCOC3)c2s1. The molecule has 1 saturated heterocycles. The molecule has 4 nitrogen and oxygen atoms in total. The molecule has 17 heavy (non-hydrogen) atoms. The summed E-state index contributed by atoms with van der Waals surface area (Å²) >= 11 is 1.08. The summed E-state index contributed by atoms with van der Waals surface area (Å²) in [5, 5.41) is 0. The number of fused-ring (bicyclic) bond motifs is 1. The highest BCUT2D eigenvalue weighted by molar-refractivity contribution is 7.16. The van der Waals surface area contributed by atoms with E-state index in [0.29, 0.717) is 17.9 Å². The molecule has 1 unspecified atom stereocenters.